The van der Waals surface area contributed by atoms with Gasteiger partial charge in [0.05, 0.1) is 0 Å². The second-order valence-corrected chi connectivity index (χ2v) is 6.72. The topological polar surface area (TPSA) is 66.9 Å². The van der Waals surface area contributed by atoms with Crippen LogP contribution in [0.3, 0.4) is 0 Å². The molecule has 2 N–H and O–H groups in total. The molecule has 0 unspecified atom stereocenters. The zero-order valence-electron chi connectivity index (χ0n) is 11.1. The Balaban J connectivity index is 1.88. The Kier molecular flexibility index (Phi) is 3.85. The van der Waals surface area contributed by atoms with Crippen molar-refractivity contribution in [2.75, 3.05) is 5.32 Å². The van der Waals surface area contributed by atoms with Gasteiger partial charge in [0.1, 0.15) is 5.01 Å². The molecule has 1 fully saturated rings. The lowest BCUT2D eigenvalue weighted by molar-refractivity contribution is 0.248. The molecule has 0 aliphatic heterocycles. The van der Waals surface area contributed by atoms with Gasteiger partial charge in [0.25, 0.3) is 0 Å². The number of aromatic nitrogens is 2. The highest BCUT2D eigenvalue weighted by atomic mass is 32.1. The summed E-state index contributed by atoms with van der Waals surface area (Å²) in [6.07, 6.45) is 4.57. The summed E-state index contributed by atoms with van der Waals surface area (Å²) in [6, 6.07) is 0.151. The molecule has 1 heterocycles. The zero-order chi connectivity index (χ0) is 13.2. The lowest BCUT2D eigenvalue weighted by Gasteiger charge is -2.12. The number of urea groups is 1. The zero-order valence-corrected chi connectivity index (χ0v) is 11.9. The second-order valence-electron chi connectivity index (χ2n) is 5.74. The number of anilines is 1. The molecule has 1 saturated carbocycles. The molecule has 0 bridgehead atoms. The van der Waals surface area contributed by atoms with Crippen LogP contribution in [-0.2, 0) is 5.41 Å². The van der Waals surface area contributed by atoms with Crippen molar-refractivity contribution < 1.29 is 4.79 Å². The van der Waals surface area contributed by atoms with Gasteiger partial charge in [0.2, 0.25) is 5.13 Å². The largest absolute Gasteiger partial charge is 0.335 e. The quantitative estimate of drug-likeness (QED) is 0.866. The molecule has 6 heteroatoms. The Morgan fingerprint density at radius 2 is 1.94 bits per heavy atom. The van der Waals surface area contributed by atoms with Crippen molar-refractivity contribution in [2.45, 2.75) is 57.9 Å². The number of amides is 2. The maximum absolute atomic E-state index is 11.7. The van der Waals surface area contributed by atoms with Crippen LogP contribution in [0.1, 0.15) is 51.5 Å². The number of nitrogens with zero attached hydrogens (tertiary/aromatic N) is 2. The molecule has 18 heavy (non-hydrogen) atoms. The van der Waals surface area contributed by atoms with Gasteiger partial charge in [-0.25, -0.2) is 4.79 Å². The fourth-order valence-corrected chi connectivity index (χ4v) is 2.76. The first-order valence-electron chi connectivity index (χ1n) is 6.36. The van der Waals surface area contributed by atoms with Crippen LogP contribution in [0.2, 0.25) is 0 Å². The highest BCUT2D eigenvalue weighted by Crippen LogP contribution is 2.27. The smallest absolute Gasteiger partial charge is 0.321 e. The lowest BCUT2D eigenvalue weighted by Crippen LogP contribution is -2.36. The van der Waals surface area contributed by atoms with Gasteiger partial charge in [-0.05, 0) is 12.8 Å². The summed E-state index contributed by atoms with van der Waals surface area (Å²) in [4.78, 5) is 11.7. The van der Waals surface area contributed by atoms with Gasteiger partial charge in [-0.15, -0.1) is 10.2 Å². The molecule has 100 valence electrons. The molecule has 2 amide bonds. The van der Waals surface area contributed by atoms with Crippen molar-refractivity contribution in [3.63, 3.8) is 0 Å². The van der Waals surface area contributed by atoms with E-state index in [-0.39, 0.29) is 11.4 Å². The van der Waals surface area contributed by atoms with E-state index in [9.17, 15) is 4.79 Å². The normalized spacial score (nSPS) is 16.8. The molecule has 1 aromatic heterocycles. The van der Waals surface area contributed by atoms with Crippen LogP contribution in [-0.4, -0.2) is 22.3 Å². The van der Waals surface area contributed by atoms with E-state index >= 15 is 0 Å². The van der Waals surface area contributed by atoms with Crippen LogP contribution < -0.4 is 10.6 Å². The van der Waals surface area contributed by atoms with Gasteiger partial charge in [0, 0.05) is 11.5 Å². The fourth-order valence-electron chi connectivity index (χ4n) is 1.97. The van der Waals surface area contributed by atoms with E-state index in [2.05, 4.69) is 41.6 Å². The third kappa shape index (κ3) is 3.41. The molecule has 0 spiro atoms. The van der Waals surface area contributed by atoms with E-state index in [1.807, 2.05) is 0 Å². The van der Waals surface area contributed by atoms with Crippen molar-refractivity contribution >= 4 is 22.5 Å². The standard InChI is InChI=1S/C12H20N4OS/c1-12(2,3)9-15-16-11(18-9)14-10(17)13-8-6-4-5-7-8/h8H,4-7H2,1-3H3,(H2,13,14,16,17). The first-order valence-corrected chi connectivity index (χ1v) is 7.18. The third-order valence-electron chi connectivity index (χ3n) is 2.98. The van der Waals surface area contributed by atoms with Gasteiger partial charge in [-0.3, -0.25) is 5.32 Å². The molecule has 5 nitrogen and oxygen atoms in total. The van der Waals surface area contributed by atoms with Gasteiger partial charge in [-0.2, -0.15) is 0 Å². The van der Waals surface area contributed by atoms with Crippen molar-refractivity contribution in [3.05, 3.63) is 5.01 Å². The van der Waals surface area contributed by atoms with E-state index < -0.39 is 0 Å². The summed E-state index contributed by atoms with van der Waals surface area (Å²) in [7, 11) is 0. The summed E-state index contributed by atoms with van der Waals surface area (Å²) in [5, 5.41) is 15.3. The summed E-state index contributed by atoms with van der Waals surface area (Å²) >= 11 is 1.43. The van der Waals surface area contributed by atoms with Crippen LogP contribution in [0.25, 0.3) is 0 Å². The van der Waals surface area contributed by atoms with Crippen LogP contribution in [0.15, 0.2) is 0 Å². The molecule has 0 radical (unpaired) electrons. The minimum atomic E-state index is -0.168. The average Bonchev–Trinajstić information content (AvgIpc) is 2.87. The molecular weight excluding hydrogens is 248 g/mol. The predicted octanol–water partition coefficient (Wildman–Crippen LogP) is 2.90. The van der Waals surface area contributed by atoms with Gasteiger partial charge < -0.3 is 5.32 Å². The van der Waals surface area contributed by atoms with E-state index in [0.29, 0.717) is 11.2 Å². The maximum Gasteiger partial charge on any atom is 0.321 e. The number of hydrogen-bond donors (Lipinski definition) is 2. The molecule has 2 rings (SSSR count). The minimum Gasteiger partial charge on any atom is -0.335 e. The Hall–Kier alpha value is -1.17. The van der Waals surface area contributed by atoms with Crippen LogP contribution in [0, 0.1) is 0 Å². The van der Waals surface area contributed by atoms with Crippen molar-refractivity contribution in [3.8, 4) is 0 Å². The van der Waals surface area contributed by atoms with E-state index in [4.69, 9.17) is 0 Å². The number of carbonyl (C=O) groups excluding carboxylic acids is 1. The van der Waals surface area contributed by atoms with Crippen molar-refractivity contribution in [1.29, 1.82) is 0 Å². The summed E-state index contributed by atoms with van der Waals surface area (Å²) in [5.74, 6) is 0. The second kappa shape index (κ2) is 5.22. The maximum atomic E-state index is 11.7. The monoisotopic (exact) mass is 268 g/mol. The minimum absolute atomic E-state index is 0.0282. The molecule has 0 saturated heterocycles. The van der Waals surface area contributed by atoms with Crippen molar-refractivity contribution in [2.24, 2.45) is 0 Å². The van der Waals surface area contributed by atoms with E-state index in [1.54, 1.807) is 0 Å². The molecule has 0 aromatic carbocycles. The van der Waals surface area contributed by atoms with Gasteiger partial charge in [0.15, 0.2) is 0 Å². The first kappa shape index (κ1) is 13.3. The van der Waals surface area contributed by atoms with Gasteiger partial charge in [-0.1, -0.05) is 44.9 Å². The highest BCUT2D eigenvalue weighted by Gasteiger charge is 2.21. The summed E-state index contributed by atoms with van der Waals surface area (Å²) < 4.78 is 0. The Labute approximate surface area is 111 Å². The Bertz CT molecular complexity index is 418. The Morgan fingerprint density at radius 1 is 1.28 bits per heavy atom. The molecule has 1 aliphatic rings. The molecule has 1 aliphatic carbocycles. The van der Waals surface area contributed by atoms with Crippen LogP contribution in [0.5, 0.6) is 0 Å². The first-order chi connectivity index (χ1) is 8.45. The number of carbonyl (C=O) groups is 1. The van der Waals surface area contributed by atoms with E-state index in [0.717, 1.165) is 17.8 Å². The van der Waals surface area contributed by atoms with Gasteiger partial charge >= 0.3 is 6.03 Å². The predicted molar refractivity (Wildman–Crippen MR) is 73.0 cm³/mol. The average molecular weight is 268 g/mol. The highest BCUT2D eigenvalue weighted by molar-refractivity contribution is 7.15. The fraction of sp³-hybridized carbons (Fsp3) is 0.750. The lowest BCUT2D eigenvalue weighted by atomic mass is 9.98. The molecular formula is C12H20N4OS. The summed E-state index contributed by atoms with van der Waals surface area (Å²) in [6.45, 7) is 6.24. The third-order valence-corrected chi connectivity index (χ3v) is 4.24. The Morgan fingerprint density at radius 3 is 2.50 bits per heavy atom. The van der Waals surface area contributed by atoms with E-state index in [1.165, 1.54) is 24.2 Å². The number of nitrogens with one attached hydrogen (secondary N) is 2. The van der Waals surface area contributed by atoms with Crippen LogP contribution >= 0.6 is 11.3 Å². The van der Waals surface area contributed by atoms with Crippen molar-refractivity contribution in [1.82, 2.24) is 15.5 Å². The molecule has 1 aromatic rings. The number of hydrogen-bond acceptors (Lipinski definition) is 4. The van der Waals surface area contributed by atoms with Crippen LogP contribution in [0.4, 0.5) is 9.93 Å². The molecule has 0 atom stereocenters. The summed E-state index contributed by atoms with van der Waals surface area (Å²) in [5.41, 5.74) is -0.0282. The number of rotatable bonds is 2. The SMILES string of the molecule is CC(C)(C)c1nnc(NC(=O)NC2CCCC2)s1.